The van der Waals surface area contributed by atoms with Crippen LogP contribution in [0.1, 0.15) is 17.5 Å². The molecule has 1 amide bonds. The van der Waals surface area contributed by atoms with Crippen molar-refractivity contribution >= 4 is 15.9 Å². The minimum atomic E-state index is -3.87. The lowest BCUT2D eigenvalue weighted by Crippen LogP contribution is -2.49. The topological polar surface area (TPSA) is 117 Å². The number of aliphatic hydroxyl groups excluding tert-OH is 1. The van der Waals surface area contributed by atoms with Crippen molar-refractivity contribution < 1.29 is 27.4 Å². The number of aliphatic hydroxyl groups is 1. The van der Waals surface area contributed by atoms with Gasteiger partial charge in [-0.1, -0.05) is 42.5 Å². The summed E-state index contributed by atoms with van der Waals surface area (Å²) in [6, 6.07) is 20.9. The quantitative estimate of drug-likeness (QED) is 0.255. The molecule has 0 saturated heterocycles. The Bertz CT molecular complexity index is 1240. The highest BCUT2D eigenvalue weighted by Crippen LogP contribution is 2.13. The van der Waals surface area contributed by atoms with Gasteiger partial charge in [0.25, 0.3) is 0 Å². The van der Waals surface area contributed by atoms with Crippen molar-refractivity contribution in [1.82, 2.24) is 15.4 Å². The molecule has 0 aromatic heterocycles. The number of benzene rings is 3. The molecule has 0 aliphatic heterocycles. The highest BCUT2D eigenvalue weighted by atomic mass is 32.2. The van der Waals surface area contributed by atoms with Crippen LogP contribution in [0.3, 0.4) is 0 Å². The summed E-state index contributed by atoms with van der Waals surface area (Å²) in [5.41, 5.74) is 1.93. The molecular weight excluding hydrogens is 497 g/mol. The van der Waals surface area contributed by atoms with Crippen LogP contribution < -0.4 is 20.1 Å². The maximum Gasteiger partial charge on any atom is 0.240 e. The number of ether oxygens (including phenoxy) is 1. The van der Waals surface area contributed by atoms with E-state index in [9.17, 15) is 22.7 Å². The lowest BCUT2D eigenvalue weighted by atomic mass is 10.0. The third-order valence-electron chi connectivity index (χ3n) is 5.69. The fraction of sp³-hybridized carbons (Fsp3) is 0.296. The molecule has 198 valence electrons. The predicted molar refractivity (Wildman–Crippen MR) is 139 cm³/mol. The van der Waals surface area contributed by atoms with Crippen molar-refractivity contribution in [3.8, 4) is 5.75 Å². The van der Waals surface area contributed by atoms with Gasteiger partial charge in [-0.3, -0.25) is 4.79 Å². The summed E-state index contributed by atoms with van der Waals surface area (Å²) in [6.45, 7) is 0.589. The van der Waals surface area contributed by atoms with Gasteiger partial charge in [0.2, 0.25) is 15.9 Å². The zero-order valence-corrected chi connectivity index (χ0v) is 21.4. The van der Waals surface area contributed by atoms with Gasteiger partial charge >= 0.3 is 0 Å². The number of rotatable bonds is 14. The molecule has 0 heterocycles. The number of hydrogen-bond donors (Lipinski definition) is 4. The Morgan fingerprint density at radius 3 is 2.41 bits per heavy atom. The van der Waals surface area contributed by atoms with Crippen molar-refractivity contribution in [2.45, 2.75) is 36.4 Å². The Labute approximate surface area is 216 Å². The zero-order valence-electron chi connectivity index (χ0n) is 20.6. The van der Waals surface area contributed by atoms with Crippen LogP contribution in [0.5, 0.6) is 5.75 Å². The molecule has 0 fully saturated rings. The number of hydrogen-bond acceptors (Lipinski definition) is 6. The van der Waals surface area contributed by atoms with E-state index in [4.69, 9.17) is 4.74 Å². The van der Waals surface area contributed by atoms with Gasteiger partial charge in [0, 0.05) is 26.1 Å². The fourth-order valence-corrected chi connectivity index (χ4v) is 4.75. The van der Waals surface area contributed by atoms with E-state index in [2.05, 4.69) is 15.4 Å². The summed E-state index contributed by atoms with van der Waals surface area (Å²) in [5, 5.41) is 16.9. The van der Waals surface area contributed by atoms with Crippen LogP contribution in [0.2, 0.25) is 0 Å². The maximum atomic E-state index is 13.1. The predicted octanol–water partition coefficient (Wildman–Crippen LogP) is 2.38. The summed E-state index contributed by atoms with van der Waals surface area (Å²) < 4.78 is 45.3. The molecule has 2 atom stereocenters. The second kappa shape index (κ2) is 13.8. The van der Waals surface area contributed by atoms with Crippen molar-refractivity contribution in [2.24, 2.45) is 0 Å². The van der Waals surface area contributed by atoms with Crippen LogP contribution >= 0.6 is 0 Å². The van der Waals surface area contributed by atoms with Gasteiger partial charge in [0.15, 0.2) is 0 Å². The molecule has 0 aliphatic carbocycles. The number of carbonyl (C=O) groups excluding carboxylic acids is 1. The number of nitrogens with one attached hydrogen (secondary N) is 3. The highest BCUT2D eigenvalue weighted by Gasteiger charge is 2.22. The number of methoxy groups -OCH3 is 1. The zero-order chi connectivity index (χ0) is 26.7. The van der Waals surface area contributed by atoms with Crippen LogP contribution in [-0.2, 0) is 27.8 Å². The van der Waals surface area contributed by atoms with Gasteiger partial charge < -0.3 is 20.5 Å². The van der Waals surface area contributed by atoms with E-state index in [0.29, 0.717) is 13.0 Å². The summed E-state index contributed by atoms with van der Waals surface area (Å²) in [7, 11) is -2.28. The fourth-order valence-electron chi connectivity index (χ4n) is 3.72. The minimum Gasteiger partial charge on any atom is -0.497 e. The Morgan fingerprint density at radius 2 is 1.70 bits per heavy atom. The normalized spacial score (nSPS) is 13.1. The monoisotopic (exact) mass is 529 g/mol. The van der Waals surface area contributed by atoms with Crippen molar-refractivity contribution in [2.75, 3.05) is 20.2 Å². The Morgan fingerprint density at radius 1 is 1.00 bits per heavy atom. The summed E-state index contributed by atoms with van der Waals surface area (Å²) >= 11 is 0. The van der Waals surface area contributed by atoms with Crippen LogP contribution in [0.15, 0.2) is 83.8 Å². The van der Waals surface area contributed by atoms with Crippen LogP contribution in [0, 0.1) is 5.82 Å². The number of carbonyl (C=O) groups is 1. The van der Waals surface area contributed by atoms with Crippen molar-refractivity contribution in [3.63, 3.8) is 0 Å². The Kier molecular flexibility index (Phi) is 10.6. The number of sulfonamides is 1. The Balaban J connectivity index is 1.55. The second-order valence-electron chi connectivity index (χ2n) is 8.52. The highest BCUT2D eigenvalue weighted by molar-refractivity contribution is 7.89. The van der Waals surface area contributed by atoms with Crippen molar-refractivity contribution in [1.29, 1.82) is 0 Å². The molecule has 0 bridgehead atoms. The SMILES string of the molecule is COc1cccc(CNC[C@@H](O)[C@H](Cc2ccccc2)NC(=O)CCNS(=O)(=O)c2ccc(F)cc2)c1. The molecule has 0 unspecified atom stereocenters. The van der Waals surface area contributed by atoms with Crippen LogP contribution in [0.25, 0.3) is 0 Å². The standard InChI is InChI=1S/C27H32FN3O5S/c1-36-23-9-5-8-21(16-23)18-29-19-26(32)25(17-20-6-3-2-4-7-20)31-27(33)14-15-30-37(34,35)24-12-10-22(28)11-13-24/h2-13,16,25-26,29-30,32H,14-15,17-19H2,1H3,(H,31,33)/t25-,26+/m0/s1. The molecule has 3 aromatic rings. The van der Waals surface area contributed by atoms with E-state index in [1.54, 1.807) is 7.11 Å². The van der Waals surface area contributed by atoms with Gasteiger partial charge in [-0.05, 0) is 53.9 Å². The first-order chi connectivity index (χ1) is 17.8. The molecule has 0 radical (unpaired) electrons. The first kappa shape index (κ1) is 28.3. The second-order valence-corrected chi connectivity index (χ2v) is 10.3. The lowest BCUT2D eigenvalue weighted by Gasteiger charge is -2.25. The molecule has 4 N–H and O–H groups in total. The van der Waals surface area contributed by atoms with E-state index in [0.717, 1.165) is 41.1 Å². The molecule has 8 nitrogen and oxygen atoms in total. The summed E-state index contributed by atoms with van der Waals surface area (Å²) in [5.74, 6) is -0.210. The molecule has 37 heavy (non-hydrogen) atoms. The van der Waals surface area contributed by atoms with Crippen molar-refractivity contribution in [3.05, 3.63) is 95.8 Å². The van der Waals surface area contributed by atoms with E-state index < -0.39 is 33.9 Å². The van der Waals surface area contributed by atoms with Gasteiger partial charge in [0.1, 0.15) is 11.6 Å². The molecule has 0 saturated carbocycles. The van der Waals surface area contributed by atoms with Gasteiger partial charge in [-0.2, -0.15) is 0 Å². The average molecular weight is 530 g/mol. The first-order valence-corrected chi connectivity index (χ1v) is 13.4. The number of amides is 1. The minimum absolute atomic E-state index is 0.0891. The molecule has 0 aliphatic rings. The summed E-state index contributed by atoms with van der Waals surface area (Å²) in [4.78, 5) is 12.6. The van der Waals surface area contributed by atoms with Crippen LogP contribution in [0.4, 0.5) is 4.39 Å². The molecule has 0 spiro atoms. The van der Waals surface area contributed by atoms with Gasteiger partial charge in [-0.25, -0.2) is 17.5 Å². The Hall–Kier alpha value is -3.31. The average Bonchev–Trinajstić information content (AvgIpc) is 2.89. The third-order valence-corrected chi connectivity index (χ3v) is 7.17. The molecule has 10 heteroatoms. The smallest absolute Gasteiger partial charge is 0.240 e. The first-order valence-electron chi connectivity index (χ1n) is 11.9. The molecule has 3 rings (SSSR count). The number of halogens is 1. The van der Waals surface area contributed by atoms with E-state index in [-0.39, 0.29) is 24.4 Å². The summed E-state index contributed by atoms with van der Waals surface area (Å²) in [6.07, 6.45) is -0.628. The largest absolute Gasteiger partial charge is 0.497 e. The van der Waals surface area contributed by atoms with E-state index >= 15 is 0 Å². The lowest BCUT2D eigenvalue weighted by molar-refractivity contribution is -0.122. The third kappa shape index (κ3) is 9.25. The maximum absolute atomic E-state index is 13.1. The van der Waals surface area contributed by atoms with Gasteiger partial charge in [-0.15, -0.1) is 0 Å². The van der Waals surface area contributed by atoms with Gasteiger partial charge in [0.05, 0.1) is 24.2 Å². The molecular formula is C27H32FN3O5S. The van der Waals surface area contributed by atoms with E-state index in [1.165, 1.54) is 0 Å². The van der Waals surface area contributed by atoms with E-state index in [1.807, 2.05) is 54.6 Å². The molecule has 3 aromatic carbocycles. The van der Waals surface area contributed by atoms with Crippen LogP contribution in [-0.4, -0.2) is 51.8 Å².